The number of nitrogens with two attached hydrogens (primary N) is 1. The van der Waals surface area contributed by atoms with Crippen LogP contribution in [-0.4, -0.2) is 13.7 Å². The third kappa shape index (κ3) is 2.22. The molecular formula is C14H23NO. The zero-order valence-corrected chi connectivity index (χ0v) is 11.1. The van der Waals surface area contributed by atoms with Crippen molar-refractivity contribution >= 4 is 0 Å². The molecule has 2 heteroatoms. The lowest BCUT2D eigenvalue weighted by molar-refractivity contribution is 0.407. The van der Waals surface area contributed by atoms with Crippen molar-refractivity contribution in [2.45, 2.75) is 40.0 Å². The summed E-state index contributed by atoms with van der Waals surface area (Å²) in [6.45, 7) is 9.27. The number of aryl methyl sites for hydroxylation is 1. The molecule has 0 heterocycles. The number of hydrogen-bond donors (Lipinski definition) is 1. The van der Waals surface area contributed by atoms with Gasteiger partial charge in [0.05, 0.1) is 7.11 Å². The van der Waals surface area contributed by atoms with Gasteiger partial charge in [0, 0.05) is 0 Å². The lowest BCUT2D eigenvalue weighted by atomic mass is 9.88. The van der Waals surface area contributed by atoms with Gasteiger partial charge in [0.2, 0.25) is 0 Å². The summed E-state index contributed by atoms with van der Waals surface area (Å²) in [4.78, 5) is 0. The molecule has 1 aromatic rings. The Morgan fingerprint density at radius 3 is 2.31 bits per heavy atom. The minimum Gasteiger partial charge on any atom is -0.496 e. The van der Waals surface area contributed by atoms with Crippen molar-refractivity contribution in [2.24, 2.45) is 5.73 Å². The fourth-order valence-electron chi connectivity index (χ4n) is 2.34. The summed E-state index contributed by atoms with van der Waals surface area (Å²) in [5.74, 6) is 1.47. The predicted octanol–water partition coefficient (Wildman–Crippen LogP) is 3.07. The molecule has 0 fully saturated rings. The fraction of sp³-hybridized carbons (Fsp3) is 0.571. The van der Waals surface area contributed by atoms with E-state index < -0.39 is 0 Å². The average Bonchev–Trinajstić information content (AvgIpc) is 2.27. The lowest BCUT2D eigenvalue weighted by Gasteiger charge is -2.20. The van der Waals surface area contributed by atoms with Gasteiger partial charge in [0.1, 0.15) is 5.75 Å². The molecule has 0 radical (unpaired) electrons. The molecule has 2 N–H and O–H groups in total. The molecule has 0 aliphatic heterocycles. The highest BCUT2D eigenvalue weighted by Crippen LogP contribution is 2.32. The van der Waals surface area contributed by atoms with E-state index in [1.54, 1.807) is 7.11 Å². The van der Waals surface area contributed by atoms with Gasteiger partial charge in [-0.2, -0.15) is 0 Å². The number of ether oxygens (including phenoxy) is 1. The Kier molecular flexibility index (Phi) is 4.36. The maximum absolute atomic E-state index is 5.82. The van der Waals surface area contributed by atoms with E-state index in [-0.39, 0.29) is 0 Å². The molecule has 0 saturated carbocycles. The summed E-state index contributed by atoms with van der Waals surface area (Å²) in [5, 5.41) is 0. The Hall–Kier alpha value is -1.02. The maximum atomic E-state index is 5.82. The number of hydrogen-bond acceptors (Lipinski definition) is 2. The van der Waals surface area contributed by atoms with Gasteiger partial charge >= 0.3 is 0 Å². The Labute approximate surface area is 98.8 Å². The SMILES string of the molecule is CCC(CN)c1cc(C)c(OC)c(C)c1C. The minimum absolute atomic E-state index is 0.461. The van der Waals surface area contributed by atoms with Gasteiger partial charge in [-0.1, -0.05) is 13.0 Å². The molecule has 1 rings (SSSR count). The van der Waals surface area contributed by atoms with Gasteiger partial charge < -0.3 is 10.5 Å². The molecule has 0 saturated heterocycles. The molecule has 1 aromatic carbocycles. The maximum Gasteiger partial charge on any atom is 0.124 e. The fourth-order valence-corrected chi connectivity index (χ4v) is 2.34. The first kappa shape index (κ1) is 13.0. The standard InChI is InChI=1S/C14H23NO/c1-6-12(8-15)13-7-9(2)14(16-5)11(4)10(13)3/h7,12H,6,8,15H2,1-5H3. The van der Waals surface area contributed by atoms with Crippen molar-refractivity contribution in [3.8, 4) is 5.75 Å². The Morgan fingerprint density at radius 2 is 1.88 bits per heavy atom. The molecule has 0 aliphatic carbocycles. The highest BCUT2D eigenvalue weighted by Gasteiger charge is 2.15. The smallest absolute Gasteiger partial charge is 0.124 e. The van der Waals surface area contributed by atoms with Crippen molar-refractivity contribution in [2.75, 3.05) is 13.7 Å². The van der Waals surface area contributed by atoms with E-state index in [1.807, 2.05) is 0 Å². The lowest BCUT2D eigenvalue weighted by Crippen LogP contribution is -2.14. The van der Waals surface area contributed by atoms with E-state index in [0.29, 0.717) is 12.5 Å². The first-order chi connectivity index (χ1) is 7.56. The van der Waals surface area contributed by atoms with Crippen molar-refractivity contribution in [3.63, 3.8) is 0 Å². The highest BCUT2D eigenvalue weighted by atomic mass is 16.5. The second-order valence-electron chi connectivity index (χ2n) is 4.41. The van der Waals surface area contributed by atoms with Crippen LogP contribution < -0.4 is 10.5 Å². The van der Waals surface area contributed by atoms with E-state index >= 15 is 0 Å². The summed E-state index contributed by atoms with van der Waals surface area (Å²) in [7, 11) is 1.73. The number of methoxy groups -OCH3 is 1. The van der Waals surface area contributed by atoms with Crippen LogP contribution in [-0.2, 0) is 0 Å². The zero-order chi connectivity index (χ0) is 12.3. The van der Waals surface area contributed by atoms with Gasteiger partial charge in [-0.05, 0) is 61.9 Å². The van der Waals surface area contributed by atoms with Crippen LogP contribution in [0.2, 0.25) is 0 Å². The van der Waals surface area contributed by atoms with Crippen molar-refractivity contribution < 1.29 is 4.74 Å². The molecule has 0 amide bonds. The summed E-state index contributed by atoms with van der Waals surface area (Å²) < 4.78 is 5.43. The summed E-state index contributed by atoms with van der Waals surface area (Å²) in [6.07, 6.45) is 1.09. The Bertz CT molecular complexity index is 367. The van der Waals surface area contributed by atoms with Crippen molar-refractivity contribution in [3.05, 3.63) is 28.3 Å². The third-order valence-electron chi connectivity index (χ3n) is 3.49. The third-order valence-corrected chi connectivity index (χ3v) is 3.49. The molecule has 2 nitrogen and oxygen atoms in total. The first-order valence-electron chi connectivity index (χ1n) is 5.91. The second kappa shape index (κ2) is 5.35. The normalized spacial score (nSPS) is 12.6. The van der Waals surface area contributed by atoms with Crippen LogP contribution in [0.25, 0.3) is 0 Å². The van der Waals surface area contributed by atoms with Crippen LogP contribution in [0.15, 0.2) is 6.07 Å². The van der Waals surface area contributed by atoms with E-state index in [9.17, 15) is 0 Å². The van der Waals surface area contributed by atoms with Gasteiger partial charge in [-0.25, -0.2) is 0 Å². The molecule has 1 unspecified atom stereocenters. The highest BCUT2D eigenvalue weighted by molar-refractivity contribution is 5.50. The molecule has 90 valence electrons. The first-order valence-corrected chi connectivity index (χ1v) is 5.91. The number of rotatable bonds is 4. The molecular weight excluding hydrogens is 198 g/mol. The molecule has 1 atom stereocenters. The van der Waals surface area contributed by atoms with Crippen LogP contribution in [0.5, 0.6) is 5.75 Å². The monoisotopic (exact) mass is 221 g/mol. The molecule has 0 aromatic heterocycles. The van der Waals surface area contributed by atoms with E-state index in [0.717, 1.165) is 12.2 Å². The summed E-state index contributed by atoms with van der Waals surface area (Å²) in [5.41, 5.74) is 11.0. The molecule has 0 bridgehead atoms. The second-order valence-corrected chi connectivity index (χ2v) is 4.41. The quantitative estimate of drug-likeness (QED) is 0.848. The topological polar surface area (TPSA) is 35.2 Å². The molecule has 0 spiro atoms. The van der Waals surface area contributed by atoms with Crippen LogP contribution >= 0.6 is 0 Å². The van der Waals surface area contributed by atoms with Crippen LogP contribution in [0.3, 0.4) is 0 Å². The average molecular weight is 221 g/mol. The largest absolute Gasteiger partial charge is 0.496 e. The summed E-state index contributed by atoms with van der Waals surface area (Å²) in [6, 6.07) is 2.22. The van der Waals surface area contributed by atoms with Crippen molar-refractivity contribution in [1.82, 2.24) is 0 Å². The number of benzene rings is 1. The Balaban J connectivity index is 3.32. The summed E-state index contributed by atoms with van der Waals surface area (Å²) >= 11 is 0. The van der Waals surface area contributed by atoms with Gasteiger partial charge in [0.15, 0.2) is 0 Å². The zero-order valence-electron chi connectivity index (χ0n) is 11.1. The van der Waals surface area contributed by atoms with Crippen LogP contribution in [0.1, 0.15) is 41.5 Å². The van der Waals surface area contributed by atoms with E-state index in [1.165, 1.54) is 22.3 Å². The van der Waals surface area contributed by atoms with E-state index in [4.69, 9.17) is 10.5 Å². The van der Waals surface area contributed by atoms with Gasteiger partial charge in [-0.15, -0.1) is 0 Å². The molecule has 16 heavy (non-hydrogen) atoms. The van der Waals surface area contributed by atoms with Gasteiger partial charge in [-0.3, -0.25) is 0 Å². The Morgan fingerprint density at radius 1 is 1.25 bits per heavy atom. The minimum atomic E-state index is 0.461. The van der Waals surface area contributed by atoms with Crippen LogP contribution in [0, 0.1) is 20.8 Å². The van der Waals surface area contributed by atoms with Gasteiger partial charge in [0.25, 0.3) is 0 Å². The predicted molar refractivity (Wildman–Crippen MR) is 69.3 cm³/mol. The van der Waals surface area contributed by atoms with Crippen LogP contribution in [0.4, 0.5) is 0 Å². The molecule has 0 aliphatic rings. The van der Waals surface area contributed by atoms with E-state index in [2.05, 4.69) is 33.8 Å². The van der Waals surface area contributed by atoms with Crippen molar-refractivity contribution in [1.29, 1.82) is 0 Å².